The van der Waals surface area contributed by atoms with Crippen LogP contribution in [0.5, 0.6) is 0 Å². The molecule has 1 atom stereocenters. The monoisotopic (exact) mass is 233 g/mol. The van der Waals surface area contributed by atoms with Gasteiger partial charge in [0, 0.05) is 14.1 Å². The summed E-state index contributed by atoms with van der Waals surface area (Å²) >= 11 is 0. The number of carbonyl (C=O) groups excluding carboxylic acids is 1. The summed E-state index contributed by atoms with van der Waals surface area (Å²) in [5.74, 6) is 0.765. The molecule has 0 fully saturated rings. The average molecular weight is 233 g/mol. The number of carbonyl (C=O) groups is 1. The van der Waals surface area contributed by atoms with Gasteiger partial charge in [0.25, 0.3) is 0 Å². The highest BCUT2D eigenvalue weighted by molar-refractivity contribution is 5.82. The molecule has 0 radical (unpaired) electrons. The third-order valence-electron chi connectivity index (χ3n) is 2.93. The van der Waals surface area contributed by atoms with Gasteiger partial charge in [0.05, 0.1) is 5.92 Å². The molecular formula is C15H23NO. The van der Waals surface area contributed by atoms with E-state index in [1.165, 1.54) is 5.56 Å². The molecule has 17 heavy (non-hydrogen) atoms. The lowest BCUT2D eigenvalue weighted by molar-refractivity contribution is -0.129. The largest absolute Gasteiger partial charge is 0.348 e. The number of nitrogens with zero attached hydrogens (tertiary/aromatic N) is 1. The molecule has 0 aliphatic carbocycles. The average Bonchev–Trinajstić information content (AvgIpc) is 2.27. The zero-order valence-corrected chi connectivity index (χ0v) is 11.5. The maximum absolute atomic E-state index is 11.8. The summed E-state index contributed by atoms with van der Waals surface area (Å²) in [6, 6.07) is 8.41. The van der Waals surface area contributed by atoms with Crippen molar-refractivity contribution in [1.82, 2.24) is 4.90 Å². The number of amides is 1. The minimum Gasteiger partial charge on any atom is -0.348 e. The Labute approximate surface area is 105 Å². The van der Waals surface area contributed by atoms with Crippen LogP contribution in [0.15, 0.2) is 24.3 Å². The zero-order valence-electron chi connectivity index (χ0n) is 11.5. The van der Waals surface area contributed by atoms with Gasteiger partial charge in [0.2, 0.25) is 5.91 Å². The lowest BCUT2D eigenvalue weighted by Gasteiger charge is -2.17. The molecule has 0 aromatic heterocycles. The van der Waals surface area contributed by atoms with Gasteiger partial charge in [-0.25, -0.2) is 0 Å². The van der Waals surface area contributed by atoms with E-state index >= 15 is 0 Å². The third-order valence-corrected chi connectivity index (χ3v) is 2.93. The van der Waals surface area contributed by atoms with Crippen LogP contribution in [0.3, 0.4) is 0 Å². The van der Waals surface area contributed by atoms with Gasteiger partial charge < -0.3 is 4.90 Å². The van der Waals surface area contributed by atoms with Crippen molar-refractivity contribution >= 4 is 5.91 Å². The summed E-state index contributed by atoms with van der Waals surface area (Å²) in [5.41, 5.74) is 2.43. The summed E-state index contributed by atoms with van der Waals surface area (Å²) in [6.45, 7) is 6.39. The number of hydrogen-bond donors (Lipinski definition) is 0. The van der Waals surface area contributed by atoms with Gasteiger partial charge in [0.15, 0.2) is 0 Å². The minimum atomic E-state index is -0.0573. The van der Waals surface area contributed by atoms with Gasteiger partial charge in [-0.3, -0.25) is 4.79 Å². The molecular weight excluding hydrogens is 210 g/mol. The van der Waals surface area contributed by atoms with Crippen LogP contribution in [0, 0.1) is 5.92 Å². The van der Waals surface area contributed by atoms with E-state index in [1.807, 2.05) is 6.92 Å². The molecule has 0 saturated carbocycles. The van der Waals surface area contributed by atoms with Crippen molar-refractivity contribution in [2.24, 2.45) is 5.92 Å². The van der Waals surface area contributed by atoms with Crippen LogP contribution < -0.4 is 0 Å². The molecule has 0 saturated heterocycles. The van der Waals surface area contributed by atoms with Gasteiger partial charge >= 0.3 is 0 Å². The molecule has 2 nitrogen and oxygen atoms in total. The zero-order chi connectivity index (χ0) is 13.0. The Balaban J connectivity index is 2.77. The first kappa shape index (κ1) is 13.8. The summed E-state index contributed by atoms with van der Waals surface area (Å²) in [6.07, 6.45) is 1.09. The first-order valence-electron chi connectivity index (χ1n) is 6.21. The van der Waals surface area contributed by atoms with Crippen LogP contribution in [0.2, 0.25) is 0 Å². The molecule has 1 rings (SSSR count). The van der Waals surface area contributed by atoms with Crippen molar-refractivity contribution in [3.63, 3.8) is 0 Å². The van der Waals surface area contributed by atoms with E-state index in [0.29, 0.717) is 5.92 Å². The van der Waals surface area contributed by atoms with Crippen molar-refractivity contribution in [3.05, 3.63) is 35.4 Å². The SMILES string of the molecule is CC(C)Cc1ccc([C@@H](C)C(=O)N(C)C)cc1. The third kappa shape index (κ3) is 3.88. The number of benzene rings is 1. The second-order valence-corrected chi connectivity index (χ2v) is 5.29. The lowest BCUT2D eigenvalue weighted by Crippen LogP contribution is -2.26. The van der Waals surface area contributed by atoms with Gasteiger partial charge in [0.1, 0.15) is 0 Å². The molecule has 1 aromatic carbocycles. The fourth-order valence-corrected chi connectivity index (χ4v) is 1.94. The smallest absolute Gasteiger partial charge is 0.229 e. The Morgan fingerprint density at radius 2 is 1.65 bits per heavy atom. The van der Waals surface area contributed by atoms with Crippen molar-refractivity contribution in [2.75, 3.05) is 14.1 Å². The summed E-state index contributed by atoms with van der Waals surface area (Å²) in [7, 11) is 3.60. The standard InChI is InChI=1S/C15H23NO/c1-11(2)10-13-6-8-14(9-7-13)12(3)15(17)16(4)5/h6-9,11-12H,10H2,1-5H3/t12-/m1/s1. The topological polar surface area (TPSA) is 20.3 Å². The molecule has 0 bridgehead atoms. The predicted molar refractivity (Wildman–Crippen MR) is 72.1 cm³/mol. The highest BCUT2D eigenvalue weighted by Gasteiger charge is 2.16. The quantitative estimate of drug-likeness (QED) is 0.782. The van der Waals surface area contributed by atoms with Gasteiger partial charge in [-0.1, -0.05) is 38.1 Å². The van der Waals surface area contributed by atoms with Gasteiger partial charge in [-0.05, 0) is 30.4 Å². The van der Waals surface area contributed by atoms with E-state index in [4.69, 9.17) is 0 Å². The van der Waals surface area contributed by atoms with E-state index in [0.717, 1.165) is 12.0 Å². The van der Waals surface area contributed by atoms with Crippen molar-refractivity contribution in [3.8, 4) is 0 Å². The highest BCUT2D eigenvalue weighted by Crippen LogP contribution is 2.18. The molecule has 0 unspecified atom stereocenters. The van der Waals surface area contributed by atoms with Crippen LogP contribution in [0.25, 0.3) is 0 Å². The van der Waals surface area contributed by atoms with Crippen molar-refractivity contribution < 1.29 is 4.79 Å². The van der Waals surface area contributed by atoms with Crippen molar-refractivity contribution in [1.29, 1.82) is 0 Å². The van der Waals surface area contributed by atoms with Gasteiger partial charge in [-0.2, -0.15) is 0 Å². The fraction of sp³-hybridized carbons (Fsp3) is 0.533. The second-order valence-electron chi connectivity index (χ2n) is 5.29. The maximum Gasteiger partial charge on any atom is 0.229 e. The second kappa shape index (κ2) is 5.85. The molecule has 94 valence electrons. The van der Waals surface area contributed by atoms with Crippen LogP contribution in [-0.2, 0) is 11.2 Å². The normalized spacial score (nSPS) is 12.6. The Bertz CT molecular complexity index is 365. The molecule has 0 aliphatic heterocycles. The van der Waals surface area contributed by atoms with Crippen LogP contribution >= 0.6 is 0 Å². The molecule has 0 spiro atoms. The van der Waals surface area contributed by atoms with Crippen molar-refractivity contribution in [2.45, 2.75) is 33.1 Å². The maximum atomic E-state index is 11.8. The summed E-state index contributed by atoms with van der Waals surface area (Å²) in [4.78, 5) is 13.5. The Kier molecular flexibility index (Phi) is 4.73. The van der Waals surface area contributed by atoms with Crippen LogP contribution in [0.4, 0.5) is 0 Å². The summed E-state index contributed by atoms with van der Waals surface area (Å²) in [5, 5.41) is 0. The minimum absolute atomic E-state index is 0.0573. The first-order valence-corrected chi connectivity index (χ1v) is 6.21. The van der Waals surface area contributed by atoms with E-state index in [1.54, 1.807) is 19.0 Å². The fourth-order valence-electron chi connectivity index (χ4n) is 1.94. The Hall–Kier alpha value is -1.31. The van der Waals surface area contributed by atoms with Crippen LogP contribution in [0.1, 0.15) is 37.8 Å². The number of hydrogen-bond acceptors (Lipinski definition) is 1. The lowest BCUT2D eigenvalue weighted by atomic mass is 9.96. The number of rotatable bonds is 4. The molecule has 1 amide bonds. The molecule has 1 aromatic rings. The van der Waals surface area contributed by atoms with E-state index in [9.17, 15) is 4.79 Å². The van der Waals surface area contributed by atoms with E-state index < -0.39 is 0 Å². The van der Waals surface area contributed by atoms with Crippen LogP contribution in [-0.4, -0.2) is 24.9 Å². The van der Waals surface area contributed by atoms with E-state index in [2.05, 4.69) is 38.1 Å². The predicted octanol–water partition coefficient (Wildman–Crippen LogP) is 3.08. The Morgan fingerprint density at radius 1 is 1.12 bits per heavy atom. The summed E-state index contributed by atoms with van der Waals surface area (Å²) < 4.78 is 0. The first-order chi connectivity index (χ1) is 7.91. The van der Waals surface area contributed by atoms with Gasteiger partial charge in [-0.15, -0.1) is 0 Å². The molecule has 0 heterocycles. The molecule has 0 N–H and O–H groups in total. The molecule has 0 aliphatic rings. The Morgan fingerprint density at radius 3 is 2.06 bits per heavy atom. The number of likely N-dealkylation sites (N-methyl/N-ethyl adjacent to an activating group) is 1. The molecule has 2 heteroatoms. The van der Waals surface area contributed by atoms with E-state index in [-0.39, 0.29) is 11.8 Å². The highest BCUT2D eigenvalue weighted by atomic mass is 16.2.